The van der Waals surface area contributed by atoms with E-state index in [1.165, 1.54) is 68.3 Å². The monoisotopic (exact) mass is 398 g/mol. The molecule has 0 unspecified atom stereocenters. The van der Waals surface area contributed by atoms with Gasteiger partial charge in [-0.25, -0.2) is 4.79 Å². The largest absolute Gasteiger partial charge is 0.335 e. The van der Waals surface area contributed by atoms with Crippen molar-refractivity contribution in [2.45, 2.75) is 76.4 Å². The molecular formula is C24H38N4O. The van der Waals surface area contributed by atoms with Crippen molar-refractivity contribution in [3.05, 3.63) is 34.9 Å². The van der Waals surface area contributed by atoms with Crippen LogP contribution in [0.2, 0.25) is 0 Å². The van der Waals surface area contributed by atoms with E-state index in [2.05, 4.69) is 52.6 Å². The first-order chi connectivity index (χ1) is 14.1. The molecule has 0 aromatic heterocycles. The van der Waals surface area contributed by atoms with Gasteiger partial charge in [-0.1, -0.05) is 18.2 Å². The van der Waals surface area contributed by atoms with E-state index in [-0.39, 0.29) is 12.1 Å². The van der Waals surface area contributed by atoms with Crippen LogP contribution in [0, 0.1) is 0 Å². The fourth-order valence-corrected chi connectivity index (χ4v) is 5.30. The van der Waals surface area contributed by atoms with Gasteiger partial charge < -0.3 is 20.4 Å². The molecule has 5 nitrogen and oxygen atoms in total. The van der Waals surface area contributed by atoms with E-state index in [0.717, 1.165) is 32.0 Å². The molecule has 160 valence electrons. The Balaban J connectivity index is 1.22. The third kappa shape index (κ3) is 5.32. The van der Waals surface area contributed by atoms with Gasteiger partial charge in [-0.05, 0) is 95.1 Å². The van der Waals surface area contributed by atoms with Crippen molar-refractivity contribution < 1.29 is 4.79 Å². The van der Waals surface area contributed by atoms with Crippen LogP contribution in [0.25, 0.3) is 0 Å². The molecule has 1 aliphatic carbocycles. The summed E-state index contributed by atoms with van der Waals surface area (Å²) in [5.74, 6) is 0. The molecule has 1 aromatic carbocycles. The molecule has 2 aliphatic heterocycles. The van der Waals surface area contributed by atoms with Crippen LogP contribution in [0.1, 0.15) is 68.2 Å². The van der Waals surface area contributed by atoms with Crippen LogP contribution in [-0.4, -0.2) is 61.1 Å². The van der Waals surface area contributed by atoms with E-state index in [1.54, 1.807) is 0 Å². The van der Waals surface area contributed by atoms with Crippen molar-refractivity contribution in [1.82, 2.24) is 20.4 Å². The zero-order chi connectivity index (χ0) is 20.2. The van der Waals surface area contributed by atoms with E-state index in [4.69, 9.17) is 0 Å². The lowest BCUT2D eigenvalue weighted by atomic mass is 9.89. The van der Waals surface area contributed by atoms with Gasteiger partial charge >= 0.3 is 6.03 Å². The lowest BCUT2D eigenvalue weighted by Gasteiger charge is -2.41. The zero-order valence-corrected chi connectivity index (χ0v) is 18.3. The number of aryl methyl sites for hydroxylation is 2. The highest BCUT2D eigenvalue weighted by Crippen LogP contribution is 2.25. The maximum atomic E-state index is 12.6. The summed E-state index contributed by atoms with van der Waals surface area (Å²) >= 11 is 0. The van der Waals surface area contributed by atoms with Crippen molar-refractivity contribution in [3.8, 4) is 0 Å². The molecule has 1 atom stereocenters. The SMILES string of the molecule is C[C@H](NC(=O)NC1CCN(C2CCN(C)CC2)CC1)c1ccc2c(c1)CCCC2. The molecule has 0 spiro atoms. The summed E-state index contributed by atoms with van der Waals surface area (Å²) in [6.45, 7) is 6.74. The molecule has 2 N–H and O–H groups in total. The quantitative estimate of drug-likeness (QED) is 0.816. The summed E-state index contributed by atoms with van der Waals surface area (Å²) in [4.78, 5) is 17.6. The number of amides is 2. The third-order valence-electron chi connectivity index (χ3n) is 7.29. The van der Waals surface area contributed by atoms with Crippen molar-refractivity contribution in [3.63, 3.8) is 0 Å². The van der Waals surface area contributed by atoms with Crippen LogP contribution in [0.15, 0.2) is 18.2 Å². The number of carbonyl (C=O) groups excluding carboxylic acids is 1. The number of fused-ring (bicyclic) bond motifs is 1. The van der Waals surface area contributed by atoms with Crippen molar-refractivity contribution >= 4 is 6.03 Å². The van der Waals surface area contributed by atoms with Gasteiger partial charge in [-0.3, -0.25) is 0 Å². The number of carbonyl (C=O) groups is 1. The molecule has 5 heteroatoms. The number of urea groups is 1. The number of rotatable bonds is 4. The molecule has 0 radical (unpaired) electrons. The van der Waals surface area contributed by atoms with Crippen LogP contribution >= 0.6 is 0 Å². The number of hydrogen-bond acceptors (Lipinski definition) is 3. The molecule has 2 saturated heterocycles. The first kappa shape index (κ1) is 20.7. The van der Waals surface area contributed by atoms with Crippen LogP contribution in [-0.2, 0) is 12.8 Å². The van der Waals surface area contributed by atoms with Gasteiger partial charge in [0, 0.05) is 25.2 Å². The Hall–Kier alpha value is -1.59. The van der Waals surface area contributed by atoms with Gasteiger partial charge in [0.2, 0.25) is 0 Å². The first-order valence-electron chi connectivity index (χ1n) is 11.7. The highest BCUT2D eigenvalue weighted by atomic mass is 16.2. The van der Waals surface area contributed by atoms with Gasteiger partial charge in [0.15, 0.2) is 0 Å². The van der Waals surface area contributed by atoms with E-state index in [0.29, 0.717) is 6.04 Å². The Labute approximate surface area is 176 Å². The minimum Gasteiger partial charge on any atom is -0.335 e. The van der Waals surface area contributed by atoms with Crippen LogP contribution in [0.5, 0.6) is 0 Å². The Morgan fingerprint density at radius 1 is 1.00 bits per heavy atom. The lowest BCUT2D eigenvalue weighted by Crippen LogP contribution is -2.52. The molecule has 2 heterocycles. The smallest absolute Gasteiger partial charge is 0.315 e. The van der Waals surface area contributed by atoms with Gasteiger partial charge in [0.25, 0.3) is 0 Å². The normalized spacial score (nSPS) is 23.4. The molecule has 3 aliphatic rings. The zero-order valence-electron chi connectivity index (χ0n) is 18.3. The van der Waals surface area contributed by atoms with E-state index in [9.17, 15) is 4.79 Å². The fraction of sp³-hybridized carbons (Fsp3) is 0.708. The highest BCUT2D eigenvalue weighted by molar-refractivity contribution is 5.74. The maximum absolute atomic E-state index is 12.6. The van der Waals surface area contributed by atoms with Gasteiger partial charge in [0.1, 0.15) is 0 Å². The molecule has 2 amide bonds. The fourth-order valence-electron chi connectivity index (χ4n) is 5.30. The predicted octanol–water partition coefficient (Wildman–Crippen LogP) is 3.48. The second kappa shape index (κ2) is 9.48. The molecular weight excluding hydrogens is 360 g/mol. The first-order valence-corrected chi connectivity index (χ1v) is 11.7. The molecule has 0 saturated carbocycles. The van der Waals surface area contributed by atoms with E-state index >= 15 is 0 Å². The predicted molar refractivity (Wildman–Crippen MR) is 118 cm³/mol. The number of benzene rings is 1. The second-order valence-corrected chi connectivity index (χ2v) is 9.42. The summed E-state index contributed by atoms with van der Waals surface area (Å²) in [6, 6.07) is 7.82. The highest BCUT2D eigenvalue weighted by Gasteiger charge is 2.28. The Bertz CT molecular complexity index is 690. The van der Waals surface area contributed by atoms with Crippen LogP contribution in [0.4, 0.5) is 4.79 Å². The molecule has 1 aromatic rings. The standard InChI is InChI=1S/C24H38N4O/c1-18(20-8-7-19-5-3-4-6-21(19)17-20)25-24(29)26-22-9-15-28(16-10-22)23-11-13-27(2)14-12-23/h7-8,17-18,22-23H,3-6,9-16H2,1-2H3,(H2,25,26,29)/t18-/m0/s1. The average Bonchev–Trinajstić information content (AvgIpc) is 2.74. The van der Waals surface area contributed by atoms with Gasteiger partial charge in [-0.15, -0.1) is 0 Å². The summed E-state index contributed by atoms with van der Waals surface area (Å²) in [7, 11) is 2.22. The van der Waals surface area contributed by atoms with Gasteiger partial charge in [-0.2, -0.15) is 0 Å². The average molecular weight is 399 g/mol. The maximum Gasteiger partial charge on any atom is 0.315 e. The molecule has 2 fully saturated rings. The van der Waals surface area contributed by atoms with Crippen molar-refractivity contribution in [2.24, 2.45) is 0 Å². The van der Waals surface area contributed by atoms with Crippen LogP contribution in [0.3, 0.4) is 0 Å². The second-order valence-electron chi connectivity index (χ2n) is 9.42. The number of nitrogens with one attached hydrogen (secondary N) is 2. The minimum absolute atomic E-state index is 0.0204. The van der Waals surface area contributed by atoms with E-state index < -0.39 is 0 Å². The number of piperidine rings is 2. The van der Waals surface area contributed by atoms with Crippen molar-refractivity contribution in [2.75, 3.05) is 33.2 Å². The summed E-state index contributed by atoms with van der Waals surface area (Å²) in [6.07, 6.45) is 9.67. The topological polar surface area (TPSA) is 47.6 Å². The number of likely N-dealkylation sites (tertiary alicyclic amines) is 2. The molecule has 0 bridgehead atoms. The molecule has 29 heavy (non-hydrogen) atoms. The molecule has 4 rings (SSSR count). The Morgan fingerprint density at radius 3 is 2.41 bits per heavy atom. The van der Waals surface area contributed by atoms with Crippen molar-refractivity contribution in [1.29, 1.82) is 0 Å². The number of nitrogens with zero attached hydrogens (tertiary/aromatic N) is 2. The number of hydrogen-bond donors (Lipinski definition) is 2. The third-order valence-corrected chi connectivity index (χ3v) is 7.29. The minimum atomic E-state index is -0.0204. The lowest BCUT2D eigenvalue weighted by molar-refractivity contribution is 0.0933. The Kier molecular flexibility index (Phi) is 6.76. The van der Waals surface area contributed by atoms with E-state index in [1.807, 2.05) is 0 Å². The van der Waals surface area contributed by atoms with Crippen LogP contribution < -0.4 is 10.6 Å². The summed E-state index contributed by atoms with van der Waals surface area (Å²) in [5, 5.41) is 6.39. The summed E-state index contributed by atoms with van der Waals surface area (Å²) in [5.41, 5.74) is 4.19. The van der Waals surface area contributed by atoms with Gasteiger partial charge in [0.05, 0.1) is 6.04 Å². The summed E-state index contributed by atoms with van der Waals surface area (Å²) < 4.78 is 0. The Morgan fingerprint density at radius 2 is 1.69 bits per heavy atom.